The van der Waals surface area contributed by atoms with E-state index in [0.717, 1.165) is 30.0 Å². The van der Waals surface area contributed by atoms with E-state index in [2.05, 4.69) is 12.2 Å². The number of fused-ring (bicyclic) bond motifs is 1. The first-order valence-corrected chi connectivity index (χ1v) is 7.15. The number of carbonyl (C=O) groups excluding carboxylic acids is 1. The minimum absolute atomic E-state index is 0.0563. The van der Waals surface area contributed by atoms with Crippen molar-refractivity contribution in [2.75, 3.05) is 13.3 Å². The van der Waals surface area contributed by atoms with E-state index in [4.69, 9.17) is 9.47 Å². The van der Waals surface area contributed by atoms with Gasteiger partial charge in [0, 0.05) is 12.6 Å². The van der Waals surface area contributed by atoms with E-state index in [-0.39, 0.29) is 12.7 Å². The highest BCUT2D eigenvalue weighted by atomic mass is 16.7. The molecule has 4 heteroatoms. The van der Waals surface area contributed by atoms with Crippen molar-refractivity contribution in [2.45, 2.75) is 32.6 Å². The molecule has 4 nitrogen and oxygen atoms in total. The second-order valence-corrected chi connectivity index (χ2v) is 4.80. The first-order valence-electron chi connectivity index (χ1n) is 7.15. The van der Waals surface area contributed by atoms with E-state index in [1.54, 1.807) is 12.2 Å². The zero-order chi connectivity index (χ0) is 14.2. The van der Waals surface area contributed by atoms with Crippen molar-refractivity contribution in [1.29, 1.82) is 0 Å². The summed E-state index contributed by atoms with van der Waals surface area (Å²) in [6, 6.07) is 5.62. The van der Waals surface area contributed by atoms with Crippen LogP contribution in [0.1, 0.15) is 38.2 Å². The van der Waals surface area contributed by atoms with E-state index in [1.807, 2.05) is 18.2 Å². The third kappa shape index (κ3) is 4.30. The van der Waals surface area contributed by atoms with Gasteiger partial charge < -0.3 is 14.8 Å². The van der Waals surface area contributed by atoms with Gasteiger partial charge in [-0.3, -0.25) is 4.79 Å². The van der Waals surface area contributed by atoms with Crippen molar-refractivity contribution in [3.8, 4) is 11.5 Å². The summed E-state index contributed by atoms with van der Waals surface area (Å²) in [6.07, 6.45) is 7.97. The summed E-state index contributed by atoms with van der Waals surface area (Å²) in [7, 11) is 0. The van der Waals surface area contributed by atoms with Gasteiger partial charge in [0.15, 0.2) is 11.5 Å². The molecule has 20 heavy (non-hydrogen) atoms. The molecule has 0 saturated heterocycles. The van der Waals surface area contributed by atoms with Crippen LogP contribution in [0.15, 0.2) is 24.3 Å². The predicted octanol–water partition coefficient (Wildman–Crippen LogP) is 3.13. The van der Waals surface area contributed by atoms with Crippen LogP contribution in [0.4, 0.5) is 0 Å². The Hall–Kier alpha value is -1.97. The molecule has 0 spiro atoms. The topological polar surface area (TPSA) is 47.6 Å². The zero-order valence-electron chi connectivity index (χ0n) is 11.9. The molecule has 1 amide bonds. The molecule has 0 radical (unpaired) electrons. The Labute approximate surface area is 119 Å². The Morgan fingerprint density at radius 1 is 1.25 bits per heavy atom. The Kier molecular flexibility index (Phi) is 5.47. The summed E-state index contributed by atoms with van der Waals surface area (Å²) in [5.74, 6) is 1.42. The summed E-state index contributed by atoms with van der Waals surface area (Å²) in [5.41, 5.74) is 0.926. The van der Waals surface area contributed by atoms with Gasteiger partial charge in [0.2, 0.25) is 12.7 Å². The van der Waals surface area contributed by atoms with Crippen molar-refractivity contribution in [3.63, 3.8) is 0 Å². The molecule has 0 aromatic heterocycles. The third-order valence-electron chi connectivity index (χ3n) is 3.15. The van der Waals surface area contributed by atoms with Crippen molar-refractivity contribution < 1.29 is 14.3 Å². The average molecular weight is 275 g/mol. The molecule has 0 aliphatic carbocycles. The van der Waals surface area contributed by atoms with E-state index in [1.165, 1.54) is 19.3 Å². The number of benzene rings is 1. The lowest BCUT2D eigenvalue weighted by Gasteiger charge is -2.01. The van der Waals surface area contributed by atoms with Crippen LogP contribution in [0.5, 0.6) is 11.5 Å². The highest BCUT2D eigenvalue weighted by Crippen LogP contribution is 2.32. The molecule has 0 atom stereocenters. The van der Waals surface area contributed by atoms with Crippen LogP contribution in [-0.2, 0) is 4.79 Å². The lowest BCUT2D eigenvalue weighted by atomic mass is 10.2. The fourth-order valence-corrected chi connectivity index (χ4v) is 2.01. The van der Waals surface area contributed by atoms with Crippen molar-refractivity contribution >= 4 is 12.0 Å². The lowest BCUT2D eigenvalue weighted by molar-refractivity contribution is -0.116. The van der Waals surface area contributed by atoms with E-state index >= 15 is 0 Å². The molecule has 0 bridgehead atoms. The van der Waals surface area contributed by atoms with Crippen molar-refractivity contribution in [1.82, 2.24) is 5.32 Å². The van der Waals surface area contributed by atoms with Gasteiger partial charge in [0.05, 0.1) is 0 Å². The third-order valence-corrected chi connectivity index (χ3v) is 3.15. The Balaban J connectivity index is 1.76. The molecule has 1 aromatic rings. The van der Waals surface area contributed by atoms with E-state index in [0.29, 0.717) is 0 Å². The van der Waals surface area contributed by atoms with Gasteiger partial charge in [-0.15, -0.1) is 0 Å². The molecule has 1 aliphatic heterocycles. The molecule has 1 N–H and O–H groups in total. The SMILES string of the molecule is CCCCCCNC(=O)C=Cc1ccc2c(c1)OCO2. The van der Waals surface area contributed by atoms with Gasteiger partial charge in [-0.25, -0.2) is 0 Å². The van der Waals surface area contributed by atoms with Gasteiger partial charge in [-0.2, -0.15) is 0 Å². The Morgan fingerprint density at radius 2 is 2.10 bits per heavy atom. The fraction of sp³-hybridized carbons (Fsp3) is 0.438. The van der Waals surface area contributed by atoms with Crippen molar-refractivity contribution in [3.05, 3.63) is 29.8 Å². The maximum Gasteiger partial charge on any atom is 0.243 e. The van der Waals surface area contributed by atoms with Crippen LogP contribution in [-0.4, -0.2) is 19.2 Å². The highest BCUT2D eigenvalue weighted by Gasteiger charge is 2.12. The first-order chi connectivity index (χ1) is 9.79. The standard InChI is InChI=1S/C16H21NO3/c1-2-3-4-5-10-17-16(18)9-7-13-6-8-14-15(11-13)20-12-19-14/h6-9,11H,2-5,10,12H2,1H3,(H,17,18). The number of nitrogens with one attached hydrogen (secondary N) is 1. The van der Waals surface area contributed by atoms with E-state index in [9.17, 15) is 4.79 Å². The van der Waals surface area contributed by atoms with Gasteiger partial charge in [0.1, 0.15) is 0 Å². The predicted molar refractivity (Wildman–Crippen MR) is 78.8 cm³/mol. The molecule has 108 valence electrons. The molecular formula is C16H21NO3. The molecule has 1 aliphatic rings. The number of amides is 1. The second kappa shape index (κ2) is 7.58. The van der Waals surface area contributed by atoms with Gasteiger partial charge >= 0.3 is 0 Å². The van der Waals surface area contributed by atoms with Crippen LogP contribution in [0.2, 0.25) is 0 Å². The number of hydrogen-bond acceptors (Lipinski definition) is 3. The average Bonchev–Trinajstić information content (AvgIpc) is 2.92. The number of unbranched alkanes of at least 4 members (excludes halogenated alkanes) is 3. The van der Waals surface area contributed by atoms with Crippen LogP contribution in [0.25, 0.3) is 6.08 Å². The van der Waals surface area contributed by atoms with Crippen LogP contribution in [0.3, 0.4) is 0 Å². The maximum atomic E-state index is 11.6. The summed E-state index contributed by atoms with van der Waals surface area (Å²) < 4.78 is 10.5. The molecule has 0 unspecified atom stereocenters. The first kappa shape index (κ1) is 14.4. The normalized spacial score (nSPS) is 12.8. The van der Waals surface area contributed by atoms with Crippen LogP contribution < -0.4 is 14.8 Å². The minimum Gasteiger partial charge on any atom is -0.454 e. The van der Waals surface area contributed by atoms with Crippen LogP contribution in [0, 0.1) is 0 Å². The van der Waals surface area contributed by atoms with Crippen molar-refractivity contribution in [2.24, 2.45) is 0 Å². The minimum atomic E-state index is -0.0563. The quantitative estimate of drug-likeness (QED) is 0.614. The number of ether oxygens (including phenoxy) is 2. The molecule has 2 rings (SSSR count). The Morgan fingerprint density at radius 3 is 2.95 bits per heavy atom. The molecular weight excluding hydrogens is 254 g/mol. The molecule has 0 saturated carbocycles. The maximum absolute atomic E-state index is 11.6. The number of carbonyl (C=O) groups is 1. The molecule has 1 aromatic carbocycles. The molecule has 1 heterocycles. The van der Waals surface area contributed by atoms with Gasteiger partial charge in [-0.1, -0.05) is 32.3 Å². The largest absolute Gasteiger partial charge is 0.454 e. The smallest absolute Gasteiger partial charge is 0.243 e. The summed E-state index contributed by atoms with van der Waals surface area (Å²) in [4.78, 5) is 11.6. The van der Waals surface area contributed by atoms with E-state index < -0.39 is 0 Å². The zero-order valence-corrected chi connectivity index (χ0v) is 11.9. The van der Waals surface area contributed by atoms with Gasteiger partial charge in [0.25, 0.3) is 0 Å². The lowest BCUT2D eigenvalue weighted by Crippen LogP contribution is -2.21. The molecule has 0 fully saturated rings. The highest BCUT2D eigenvalue weighted by molar-refractivity contribution is 5.91. The fourth-order valence-electron chi connectivity index (χ4n) is 2.01. The number of hydrogen-bond donors (Lipinski definition) is 1. The summed E-state index contributed by atoms with van der Waals surface area (Å²) in [6.45, 7) is 3.18. The monoisotopic (exact) mass is 275 g/mol. The van der Waals surface area contributed by atoms with Crippen LogP contribution >= 0.6 is 0 Å². The second-order valence-electron chi connectivity index (χ2n) is 4.80. The van der Waals surface area contributed by atoms with Gasteiger partial charge in [-0.05, 0) is 30.2 Å². The summed E-state index contributed by atoms with van der Waals surface area (Å²) in [5, 5.41) is 2.88. The Bertz CT molecular complexity index is 483. The number of rotatable bonds is 7. The summed E-state index contributed by atoms with van der Waals surface area (Å²) >= 11 is 0.